The Morgan fingerprint density at radius 2 is 1.40 bits per heavy atom. The van der Waals surface area contributed by atoms with E-state index in [1.807, 2.05) is 71.6 Å². The average Bonchev–Trinajstić information content (AvgIpc) is 2.81. The van der Waals surface area contributed by atoms with E-state index in [4.69, 9.17) is 4.74 Å². The van der Waals surface area contributed by atoms with Crippen LogP contribution >= 0.6 is 12.4 Å². The van der Waals surface area contributed by atoms with Crippen LogP contribution in [0.25, 0.3) is 0 Å². The Labute approximate surface area is 182 Å². The second-order valence-electron chi connectivity index (χ2n) is 7.00. The predicted molar refractivity (Wildman–Crippen MR) is 119 cm³/mol. The molecule has 6 nitrogen and oxygen atoms in total. The molecule has 4 rings (SSSR count). The van der Waals surface area contributed by atoms with Gasteiger partial charge in [-0.3, -0.25) is 4.79 Å². The van der Waals surface area contributed by atoms with Gasteiger partial charge in [-0.05, 0) is 17.2 Å². The quantitative estimate of drug-likeness (QED) is 0.628. The van der Waals surface area contributed by atoms with Gasteiger partial charge in [-0.15, -0.1) is 22.6 Å². The van der Waals surface area contributed by atoms with Crippen molar-refractivity contribution in [1.29, 1.82) is 0 Å². The summed E-state index contributed by atoms with van der Waals surface area (Å²) in [7, 11) is 1.57. The van der Waals surface area contributed by atoms with Crippen LogP contribution < -0.4 is 9.64 Å². The monoisotopic (exact) mass is 424 g/mol. The Hall–Kier alpha value is -3.12. The summed E-state index contributed by atoms with van der Waals surface area (Å²) >= 11 is 0. The summed E-state index contributed by atoms with van der Waals surface area (Å²) in [5.74, 6) is 1.16. The molecule has 3 aromatic rings. The molecular formula is C23H25ClN4O2. The van der Waals surface area contributed by atoms with Crippen LogP contribution in [0.15, 0.2) is 72.8 Å². The Kier molecular flexibility index (Phi) is 7.25. The highest BCUT2D eigenvalue weighted by molar-refractivity contribution is 5.87. The van der Waals surface area contributed by atoms with Gasteiger partial charge in [0.2, 0.25) is 11.8 Å². The normalized spacial score (nSPS) is 13.7. The van der Waals surface area contributed by atoms with Crippen molar-refractivity contribution in [2.75, 3.05) is 38.2 Å². The molecule has 0 N–H and O–H groups in total. The number of carbonyl (C=O) groups excluding carboxylic acids is 1. The number of rotatable bonds is 5. The fraction of sp³-hybridized carbons (Fsp3) is 0.261. The summed E-state index contributed by atoms with van der Waals surface area (Å²) in [5.41, 5.74) is 2.04. The molecule has 156 valence electrons. The van der Waals surface area contributed by atoms with Crippen LogP contribution in [0, 0.1) is 0 Å². The Balaban J connectivity index is 0.00000256. The Bertz CT molecular complexity index is 891. The molecule has 1 saturated heterocycles. The third-order valence-electron chi connectivity index (χ3n) is 5.26. The second kappa shape index (κ2) is 10.1. The number of amides is 1. The zero-order valence-electron chi connectivity index (χ0n) is 16.8. The number of anilines is 1. The lowest BCUT2D eigenvalue weighted by Crippen LogP contribution is -2.50. The number of hydrogen-bond acceptors (Lipinski definition) is 5. The molecule has 1 aliphatic heterocycles. The van der Waals surface area contributed by atoms with Crippen molar-refractivity contribution < 1.29 is 9.53 Å². The van der Waals surface area contributed by atoms with Gasteiger partial charge in [-0.1, -0.05) is 60.7 Å². The average molecular weight is 425 g/mol. The van der Waals surface area contributed by atoms with E-state index in [9.17, 15) is 4.79 Å². The van der Waals surface area contributed by atoms with Crippen molar-refractivity contribution in [2.45, 2.75) is 5.92 Å². The number of hydrogen-bond donors (Lipinski definition) is 0. The van der Waals surface area contributed by atoms with Crippen LogP contribution in [-0.2, 0) is 4.79 Å². The second-order valence-corrected chi connectivity index (χ2v) is 7.00. The number of ether oxygens (including phenoxy) is 1. The molecule has 0 aliphatic carbocycles. The van der Waals surface area contributed by atoms with E-state index >= 15 is 0 Å². The fourth-order valence-electron chi connectivity index (χ4n) is 3.70. The first-order valence-electron chi connectivity index (χ1n) is 9.77. The van der Waals surface area contributed by atoms with Gasteiger partial charge in [0, 0.05) is 32.2 Å². The molecule has 1 amide bonds. The summed E-state index contributed by atoms with van der Waals surface area (Å²) in [5, 5.41) is 8.26. The molecule has 7 heteroatoms. The van der Waals surface area contributed by atoms with Crippen molar-refractivity contribution in [3.8, 4) is 5.88 Å². The maximum absolute atomic E-state index is 13.5. The minimum absolute atomic E-state index is 0. The van der Waals surface area contributed by atoms with Crippen LogP contribution in [-0.4, -0.2) is 54.3 Å². The first-order valence-corrected chi connectivity index (χ1v) is 9.77. The minimum atomic E-state index is -0.287. The fourth-order valence-corrected chi connectivity index (χ4v) is 3.70. The molecule has 0 saturated carbocycles. The van der Waals surface area contributed by atoms with E-state index in [1.165, 1.54) is 0 Å². The number of halogens is 1. The summed E-state index contributed by atoms with van der Waals surface area (Å²) in [4.78, 5) is 17.6. The van der Waals surface area contributed by atoms with Crippen LogP contribution in [0.4, 0.5) is 5.82 Å². The third-order valence-corrected chi connectivity index (χ3v) is 5.26. The van der Waals surface area contributed by atoms with Crippen molar-refractivity contribution in [2.24, 2.45) is 0 Å². The topological polar surface area (TPSA) is 58.6 Å². The molecule has 1 aliphatic rings. The predicted octanol–water partition coefficient (Wildman–Crippen LogP) is 3.39. The van der Waals surface area contributed by atoms with E-state index in [0.717, 1.165) is 30.0 Å². The molecule has 0 unspecified atom stereocenters. The first-order chi connectivity index (χ1) is 14.3. The minimum Gasteiger partial charge on any atom is -0.480 e. The van der Waals surface area contributed by atoms with Gasteiger partial charge in [0.1, 0.15) is 0 Å². The number of nitrogens with zero attached hydrogens (tertiary/aromatic N) is 4. The highest BCUT2D eigenvalue weighted by atomic mass is 35.5. The maximum atomic E-state index is 13.5. The van der Waals surface area contributed by atoms with E-state index < -0.39 is 0 Å². The van der Waals surface area contributed by atoms with Crippen molar-refractivity contribution in [3.63, 3.8) is 0 Å². The molecular weight excluding hydrogens is 400 g/mol. The van der Waals surface area contributed by atoms with Crippen molar-refractivity contribution in [1.82, 2.24) is 15.1 Å². The Morgan fingerprint density at radius 1 is 0.833 bits per heavy atom. The van der Waals surface area contributed by atoms with E-state index in [1.54, 1.807) is 13.2 Å². The lowest BCUT2D eigenvalue weighted by molar-refractivity contribution is -0.132. The third kappa shape index (κ3) is 4.71. The molecule has 1 fully saturated rings. The standard InChI is InChI=1S/C23H24N4O2.ClH/c1-29-21-13-12-20(24-25-21)26-14-16-27(17-15-26)23(28)22(18-8-4-2-5-9-18)19-10-6-3-7-11-19;/h2-13,22H,14-17H2,1H3;1H. The lowest BCUT2D eigenvalue weighted by Gasteiger charge is -2.37. The van der Waals surface area contributed by atoms with Gasteiger partial charge in [0.25, 0.3) is 0 Å². The van der Waals surface area contributed by atoms with Gasteiger partial charge in [-0.2, -0.15) is 0 Å². The van der Waals surface area contributed by atoms with Gasteiger partial charge in [0.15, 0.2) is 5.82 Å². The summed E-state index contributed by atoms with van der Waals surface area (Å²) in [6.07, 6.45) is 0. The number of methoxy groups -OCH3 is 1. The van der Waals surface area contributed by atoms with Crippen molar-refractivity contribution in [3.05, 3.63) is 83.9 Å². The van der Waals surface area contributed by atoms with Gasteiger partial charge in [-0.25, -0.2) is 0 Å². The van der Waals surface area contributed by atoms with Crippen molar-refractivity contribution >= 4 is 24.1 Å². The molecule has 0 radical (unpaired) electrons. The van der Waals surface area contributed by atoms with Gasteiger partial charge >= 0.3 is 0 Å². The van der Waals surface area contributed by atoms with Gasteiger partial charge in [0.05, 0.1) is 13.0 Å². The zero-order chi connectivity index (χ0) is 20.1. The highest BCUT2D eigenvalue weighted by Gasteiger charge is 2.30. The number of carbonyl (C=O) groups is 1. The number of piperazine rings is 1. The van der Waals surface area contributed by atoms with E-state index in [0.29, 0.717) is 19.0 Å². The number of aromatic nitrogens is 2. The summed E-state index contributed by atoms with van der Waals surface area (Å²) in [6, 6.07) is 23.7. The lowest BCUT2D eigenvalue weighted by atomic mass is 9.90. The molecule has 2 heterocycles. The number of benzene rings is 2. The van der Waals surface area contributed by atoms with E-state index in [-0.39, 0.29) is 24.2 Å². The summed E-state index contributed by atoms with van der Waals surface area (Å²) < 4.78 is 5.07. The summed E-state index contributed by atoms with van der Waals surface area (Å²) in [6.45, 7) is 2.76. The van der Waals surface area contributed by atoms with Crippen LogP contribution in [0.3, 0.4) is 0 Å². The zero-order valence-corrected chi connectivity index (χ0v) is 17.7. The molecule has 1 aromatic heterocycles. The Morgan fingerprint density at radius 3 is 1.87 bits per heavy atom. The molecule has 0 atom stereocenters. The maximum Gasteiger partial charge on any atom is 0.234 e. The van der Waals surface area contributed by atoms with Gasteiger partial charge < -0.3 is 14.5 Å². The molecule has 0 bridgehead atoms. The molecule has 30 heavy (non-hydrogen) atoms. The largest absolute Gasteiger partial charge is 0.480 e. The smallest absolute Gasteiger partial charge is 0.234 e. The van der Waals surface area contributed by atoms with Crippen LogP contribution in [0.5, 0.6) is 5.88 Å². The van der Waals surface area contributed by atoms with Crippen LogP contribution in [0.1, 0.15) is 17.0 Å². The molecule has 2 aromatic carbocycles. The van der Waals surface area contributed by atoms with Crippen LogP contribution in [0.2, 0.25) is 0 Å². The SMILES string of the molecule is COc1ccc(N2CCN(C(=O)C(c3ccccc3)c3ccccc3)CC2)nn1.Cl. The highest BCUT2D eigenvalue weighted by Crippen LogP contribution is 2.27. The first kappa shape index (κ1) is 21.6. The van der Waals surface area contributed by atoms with E-state index in [2.05, 4.69) is 15.1 Å². The molecule has 0 spiro atoms.